The molecular weight excluding hydrogens is 869 g/mol. The van der Waals surface area contributed by atoms with Gasteiger partial charge in [0.2, 0.25) is 0 Å². The van der Waals surface area contributed by atoms with Crippen molar-refractivity contribution in [2.75, 3.05) is 13.2 Å². The van der Waals surface area contributed by atoms with Crippen molar-refractivity contribution in [1.29, 1.82) is 0 Å². The van der Waals surface area contributed by atoms with E-state index < -0.39 is 23.9 Å². The number of esters is 4. The van der Waals surface area contributed by atoms with Crippen LogP contribution in [0.15, 0.2) is 164 Å². The van der Waals surface area contributed by atoms with E-state index in [9.17, 15) is 19.2 Å². The average molecular weight is 927 g/mol. The van der Waals surface area contributed by atoms with E-state index in [-0.39, 0.29) is 34.1 Å². The van der Waals surface area contributed by atoms with Crippen molar-refractivity contribution in [2.24, 2.45) is 0 Å². The lowest BCUT2D eigenvalue weighted by Gasteiger charge is -2.10. The summed E-state index contributed by atoms with van der Waals surface area (Å²) in [4.78, 5) is 51.9. The zero-order valence-corrected chi connectivity index (χ0v) is 39.1. The summed E-state index contributed by atoms with van der Waals surface area (Å²) in [6.07, 6.45) is 14.4. The van der Waals surface area contributed by atoms with Gasteiger partial charge in [0.15, 0.2) is 0 Å². The molecule has 0 heterocycles. The number of rotatable bonds is 25. The fraction of sp³-hybridized carbons (Fsp3) is 0.254. The highest BCUT2D eigenvalue weighted by Gasteiger charge is 2.15. The van der Waals surface area contributed by atoms with Gasteiger partial charge in [-0.1, -0.05) is 107 Å². The van der Waals surface area contributed by atoms with Gasteiger partial charge in [-0.05, 0) is 157 Å². The monoisotopic (exact) mass is 926 g/mol. The van der Waals surface area contributed by atoms with E-state index in [0.29, 0.717) is 41.2 Å². The standard InChI is InChI=1S/C59H58O10/c1-2-3-4-5-6-7-8-9-10-14-39-64-50-29-21-45(22-30-50)56(60)66-52-33-25-47(26-34-52)58(62)68-54-37-19-44-20-38-55(42-49(44)41-54)69-59(63)48-27-35-53(36-28-48)67-57(61)46-23-31-51(32-24-46)65-40-15-18-43-16-12-11-13-17-43/h11-13,16-17,19-38,41-42H,2-10,14-15,18,39-40H2,1H3. The highest BCUT2D eigenvalue weighted by atomic mass is 16.5. The molecule has 0 saturated carbocycles. The number of ether oxygens (including phenoxy) is 6. The number of fused-ring (bicyclic) bond motifs is 1. The molecule has 0 saturated heterocycles. The van der Waals surface area contributed by atoms with Crippen LogP contribution in [0.25, 0.3) is 10.8 Å². The molecule has 0 N–H and O–H groups in total. The fourth-order valence-corrected chi connectivity index (χ4v) is 7.58. The van der Waals surface area contributed by atoms with Crippen molar-refractivity contribution in [3.05, 3.63) is 192 Å². The molecule has 0 spiro atoms. The van der Waals surface area contributed by atoms with Gasteiger partial charge in [0.1, 0.15) is 34.5 Å². The second-order valence-corrected chi connectivity index (χ2v) is 16.8. The van der Waals surface area contributed by atoms with Gasteiger partial charge >= 0.3 is 23.9 Å². The molecule has 7 aromatic rings. The first-order valence-corrected chi connectivity index (χ1v) is 23.9. The molecule has 0 amide bonds. The summed E-state index contributed by atoms with van der Waals surface area (Å²) in [7, 11) is 0. The van der Waals surface area contributed by atoms with Crippen LogP contribution in [-0.4, -0.2) is 37.1 Å². The lowest BCUT2D eigenvalue weighted by atomic mass is 10.1. The first-order chi connectivity index (χ1) is 33.8. The predicted molar refractivity (Wildman–Crippen MR) is 267 cm³/mol. The molecule has 0 aliphatic heterocycles. The van der Waals surface area contributed by atoms with Gasteiger partial charge in [0, 0.05) is 0 Å². The van der Waals surface area contributed by atoms with Gasteiger partial charge in [-0.15, -0.1) is 0 Å². The maximum atomic E-state index is 13.1. The van der Waals surface area contributed by atoms with Crippen LogP contribution in [0.3, 0.4) is 0 Å². The van der Waals surface area contributed by atoms with Crippen LogP contribution in [0.1, 0.15) is 125 Å². The summed E-state index contributed by atoms with van der Waals surface area (Å²) in [5.74, 6) is 0.188. The van der Waals surface area contributed by atoms with Gasteiger partial charge in [0.25, 0.3) is 0 Å². The van der Waals surface area contributed by atoms with E-state index in [1.165, 1.54) is 105 Å². The highest BCUT2D eigenvalue weighted by molar-refractivity contribution is 5.95. The Labute approximate surface area is 404 Å². The van der Waals surface area contributed by atoms with Gasteiger partial charge in [-0.2, -0.15) is 0 Å². The summed E-state index contributed by atoms with van der Waals surface area (Å²) < 4.78 is 34.1. The minimum Gasteiger partial charge on any atom is -0.494 e. The number of carbonyl (C=O) groups is 4. The number of carbonyl (C=O) groups excluding carboxylic acids is 4. The third-order valence-electron chi connectivity index (χ3n) is 11.5. The molecule has 0 aliphatic carbocycles. The summed E-state index contributed by atoms with van der Waals surface area (Å²) >= 11 is 0. The van der Waals surface area contributed by atoms with E-state index in [1.807, 2.05) is 18.2 Å². The van der Waals surface area contributed by atoms with E-state index in [1.54, 1.807) is 84.9 Å². The molecule has 7 aromatic carbocycles. The molecular formula is C59H58O10. The van der Waals surface area contributed by atoms with E-state index in [4.69, 9.17) is 28.4 Å². The van der Waals surface area contributed by atoms with Crippen molar-refractivity contribution in [1.82, 2.24) is 0 Å². The minimum atomic E-state index is -0.610. The molecule has 0 aliphatic rings. The highest BCUT2D eigenvalue weighted by Crippen LogP contribution is 2.27. The Morgan fingerprint density at radius 2 is 0.681 bits per heavy atom. The molecule has 7 rings (SSSR count). The Morgan fingerprint density at radius 1 is 0.333 bits per heavy atom. The minimum absolute atomic E-state index is 0.251. The second-order valence-electron chi connectivity index (χ2n) is 16.8. The zero-order valence-electron chi connectivity index (χ0n) is 39.1. The Bertz CT molecular complexity index is 2730. The predicted octanol–water partition coefficient (Wildman–Crippen LogP) is 14.0. The Kier molecular flexibility index (Phi) is 18.5. The Hall–Kier alpha value is -7.72. The summed E-state index contributed by atoms with van der Waals surface area (Å²) in [6.45, 7) is 3.44. The first-order valence-electron chi connectivity index (χ1n) is 23.9. The normalized spacial score (nSPS) is 10.9. The lowest BCUT2D eigenvalue weighted by molar-refractivity contribution is 0.0720. The molecule has 69 heavy (non-hydrogen) atoms. The van der Waals surface area contributed by atoms with Gasteiger partial charge in [-0.3, -0.25) is 0 Å². The smallest absolute Gasteiger partial charge is 0.343 e. The van der Waals surface area contributed by atoms with Crippen LogP contribution in [0.5, 0.6) is 34.5 Å². The van der Waals surface area contributed by atoms with Crippen LogP contribution >= 0.6 is 0 Å². The second kappa shape index (κ2) is 26.0. The van der Waals surface area contributed by atoms with Gasteiger partial charge in [-0.25, -0.2) is 19.2 Å². The average Bonchev–Trinajstić information content (AvgIpc) is 3.38. The molecule has 0 radical (unpaired) electrons. The molecule has 0 fully saturated rings. The SMILES string of the molecule is CCCCCCCCCCCCOc1ccc(C(=O)Oc2ccc(C(=O)Oc3ccc4ccc(OC(=O)c5ccc(OC(=O)c6ccc(OCCCc7ccccc7)cc6)cc5)cc4c3)cc2)cc1. The van der Waals surface area contributed by atoms with Crippen molar-refractivity contribution in [3.8, 4) is 34.5 Å². The van der Waals surface area contributed by atoms with E-state index >= 15 is 0 Å². The Balaban J connectivity index is 0.823. The maximum absolute atomic E-state index is 13.1. The number of unbranched alkanes of at least 4 members (excludes halogenated alkanes) is 9. The molecule has 0 atom stereocenters. The summed E-state index contributed by atoms with van der Waals surface area (Å²) in [6, 6.07) is 46.3. The fourth-order valence-electron chi connectivity index (χ4n) is 7.58. The number of aryl methyl sites for hydroxylation is 1. The Morgan fingerprint density at radius 3 is 1.10 bits per heavy atom. The molecule has 10 heteroatoms. The molecule has 354 valence electrons. The van der Waals surface area contributed by atoms with Crippen molar-refractivity contribution in [3.63, 3.8) is 0 Å². The van der Waals surface area contributed by atoms with Crippen LogP contribution in [0, 0.1) is 0 Å². The van der Waals surface area contributed by atoms with Crippen LogP contribution in [0.4, 0.5) is 0 Å². The first kappa shape index (κ1) is 49.2. The van der Waals surface area contributed by atoms with Crippen molar-refractivity contribution in [2.45, 2.75) is 84.0 Å². The molecule has 0 unspecified atom stereocenters. The number of hydrogen-bond acceptors (Lipinski definition) is 10. The molecule has 0 bridgehead atoms. The van der Waals surface area contributed by atoms with Crippen LogP contribution < -0.4 is 28.4 Å². The quantitative estimate of drug-likeness (QED) is 0.0311. The van der Waals surface area contributed by atoms with Crippen molar-refractivity contribution >= 4 is 34.6 Å². The summed E-state index contributed by atoms with van der Waals surface area (Å²) in [5.41, 5.74) is 2.50. The molecule has 0 aromatic heterocycles. The zero-order chi connectivity index (χ0) is 48.0. The number of hydrogen-bond donors (Lipinski definition) is 0. The molecule has 10 nitrogen and oxygen atoms in total. The van der Waals surface area contributed by atoms with Crippen LogP contribution in [-0.2, 0) is 6.42 Å². The van der Waals surface area contributed by atoms with E-state index in [0.717, 1.165) is 31.1 Å². The number of benzene rings is 7. The van der Waals surface area contributed by atoms with E-state index in [2.05, 4.69) is 19.1 Å². The third kappa shape index (κ3) is 15.7. The largest absolute Gasteiger partial charge is 0.494 e. The van der Waals surface area contributed by atoms with Gasteiger partial charge in [0.05, 0.1) is 35.5 Å². The maximum Gasteiger partial charge on any atom is 0.343 e. The summed E-state index contributed by atoms with van der Waals surface area (Å²) in [5, 5.41) is 1.51. The van der Waals surface area contributed by atoms with Gasteiger partial charge < -0.3 is 28.4 Å². The topological polar surface area (TPSA) is 124 Å². The van der Waals surface area contributed by atoms with Crippen molar-refractivity contribution < 1.29 is 47.6 Å². The van der Waals surface area contributed by atoms with Crippen LogP contribution in [0.2, 0.25) is 0 Å². The lowest BCUT2D eigenvalue weighted by Crippen LogP contribution is -2.10. The third-order valence-corrected chi connectivity index (χ3v) is 11.5.